The Morgan fingerprint density at radius 1 is 1.21 bits per heavy atom. The van der Waals surface area contributed by atoms with E-state index in [2.05, 4.69) is 29.4 Å². The standard InChI is InChI=1S/C20H19FN2O/c1-13-11-14(19-15(12-13)7-10-24-19)5-6-16-17(3-2-4-18(16)21)20-22-8-9-23-20/h2-4,7,10-12H,5-6,8-9H2,1H3,(H,22,23). The Morgan fingerprint density at radius 2 is 2.12 bits per heavy atom. The van der Waals surface area contributed by atoms with E-state index in [0.29, 0.717) is 12.0 Å². The summed E-state index contributed by atoms with van der Waals surface area (Å²) < 4.78 is 20.1. The summed E-state index contributed by atoms with van der Waals surface area (Å²) in [5.41, 5.74) is 4.79. The predicted octanol–water partition coefficient (Wildman–Crippen LogP) is 4.02. The Hall–Kier alpha value is -2.62. The van der Waals surface area contributed by atoms with Crippen LogP contribution >= 0.6 is 0 Å². The molecule has 1 N–H and O–H groups in total. The molecule has 4 rings (SSSR count). The smallest absolute Gasteiger partial charge is 0.137 e. The van der Waals surface area contributed by atoms with Crippen molar-refractivity contribution in [2.75, 3.05) is 13.1 Å². The minimum Gasteiger partial charge on any atom is -0.464 e. The molecule has 2 heterocycles. The third-order valence-electron chi connectivity index (χ3n) is 4.46. The lowest BCUT2D eigenvalue weighted by atomic mass is 9.97. The van der Waals surface area contributed by atoms with Gasteiger partial charge in [0.2, 0.25) is 0 Å². The van der Waals surface area contributed by atoms with Crippen molar-refractivity contribution < 1.29 is 8.81 Å². The van der Waals surface area contributed by atoms with Crippen molar-refractivity contribution in [3.05, 3.63) is 70.7 Å². The molecule has 24 heavy (non-hydrogen) atoms. The molecule has 0 spiro atoms. The van der Waals surface area contributed by atoms with E-state index in [9.17, 15) is 4.39 Å². The van der Waals surface area contributed by atoms with Gasteiger partial charge in [-0.2, -0.15) is 0 Å². The summed E-state index contributed by atoms with van der Waals surface area (Å²) in [6.07, 6.45) is 3.05. The van der Waals surface area contributed by atoms with Crippen molar-refractivity contribution in [1.82, 2.24) is 5.32 Å². The van der Waals surface area contributed by atoms with Gasteiger partial charge in [0.15, 0.2) is 0 Å². The zero-order valence-corrected chi connectivity index (χ0v) is 13.6. The molecule has 0 saturated carbocycles. The van der Waals surface area contributed by atoms with E-state index < -0.39 is 0 Å². The highest BCUT2D eigenvalue weighted by Gasteiger charge is 2.16. The fraction of sp³-hybridized carbons (Fsp3) is 0.250. The van der Waals surface area contributed by atoms with Gasteiger partial charge in [-0.05, 0) is 54.7 Å². The second-order valence-electron chi connectivity index (χ2n) is 6.19. The topological polar surface area (TPSA) is 37.5 Å². The van der Waals surface area contributed by atoms with Gasteiger partial charge in [-0.25, -0.2) is 4.39 Å². The maximum atomic E-state index is 14.4. The molecule has 3 nitrogen and oxygen atoms in total. The van der Waals surface area contributed by atoms with Crippen LogP contribution in [0.5, 0.6) is 0 Å². The number of nitrogens with zero attached hydrogens (tertiary/aromatic N) is 1. The third-order valence-corrected chi connectivity index (χ3v) is 4.46. The van der Waals surface area contributed by atoms with Gasteiger partial charge >= 0.3 is 0 Å². The number of aliphatic imine (C=N–C) groups is 1. The molecule has 1 aromatic heterocycles. The molecule has 122 valence electrons. The predicted molar refractivity (Wildman–Crippen MR) is 94.2 cm³/mol. The molecule has 4 heteroatoms. The molecular formula is C20H19FN2O. The summed E-state index contributed by atoms with van der Waals surface area (Å²) >= 11 is 0. The van der Waals surface area contributed by atoms with Crippen LogP contribution < -0.4 is 5.32 Å². The number of rotatable bonds is 4. The molecule has 3 aromatic rings. The molecular weight excluding hydrogens is 303 g/mol. The quantitative estimate of drug-likeness (QED) is 0.788. The van der Waals surface area contributed by atoms with Crippen LogP contribution in [-0.4, -0.2) is 18.9 Å². The second kappa shape index (κ2) is 6.11. The van der Waals surface area contributed by atoms with Crippen LogP contribution in [0.15, 0.2) is 52.1 Å². The normalized spacial score (nSPS) is 14.0. The Balaban J connectivity index is 1.67. The van der Waals surface area contributed by atoms with Gasteiger partial charge in [0.05, 0.1) is 12.8 Å². The minimum atomic E-state index is -0.174. The molecule has 1 aliphatic heterocycles. The first-order valence-electron chi connectivity index (χ1n) is 8.25. The van der Waals surface area contributed by atoms with Crippen molar-refractivity contribution in [3.63, 3.8) is 0 Å². The lowest BCUT2D eigenvalue weighted by molar-refractivity contribution is 0.601. The highest BCUT2D eigenvalue weighted by atomic mass is 19.1. The first-order chi connectivity index (χ1) is 11.7. The van der Waals surface area contributed by atoms with E-state index in [1.807, 2.05) is 12.1 Å². The Morgan fingerprint density at radius 3 is 2.96 bits per heavy atom. The van der Waals surface area contributed by atoms with Gasteiger partial charge in [-0.15, -0.1) is 0 Å². The number of hydrogen-bond donors (Lipinski definition) is 1. The van der Waals surface area contributed by atoms with E-state index in [1.165, 1.54) is 11.6 Å². The molecule has 0 saturated heterocycles. The zero-order chi connectivity index (χ0) is 16.5. The number of fused-ring (bicyclic) bond motifs is 1. The van der Waals surface area contributed by atoms with Gasteiger partial charge < -0.3 is 9.73 Å². The average Bonchev–Trinajstić information content (AvgIpc) is 3.24. The van der Waals surface area contributed by atoms with E-state index in [4.69, 9.17) is 4.42 Å². The number of benzene rings is 2. The molecule has 0 aliphatic carbocycles. The summed E-state index contributed by atoms with van der Waals surface area (Å²) in [6.45, 7) is 3.63. The summed E-state index contributed by atoms with van der Waals surface area (Å²) in [4.78, 5) is 4.44. The molecule has 0 radical (unpaired) electrons. The Kier molecular flexibility index (Phi) is 3.81. The van der Waals surface area contributed by atoms with E-state index in [-0.39, 0.29) is 5.82 Å². The van der Waals surface area contributed by atoms with Crippen molar-refractivity contribution in [3.8, 4) is 0 Å². The summed E-state index contributed by atoms with van der Waals surface area (Å²) in [5.74, 6) is 0.629. The van der Waals surface area contributed by atoms with Gasteiger partial charge in [0, 0.05) is 17.5 Å². The summed E-state index contributed by atoms with van der Waals surface area (Å²) in [5, 5.41) is 4.34. The van der Waals surface area contributed by atoms with Crippen molar-refractivity contribution in [2.24, 2.45) is 4.99 Å². The van der Waals surface area contributed by atoms with Gasteiger partial charge in [-0.3, -0.25) is 4.99 Å². The van der Waals surface area contributed by atoms with Crippen LogP contribution in [0.4, 0.5) is 4.39 Å². The monoisotopic (exact) mass is 322 g/mol. The SMILES string of the molecule is Cc1cc(CCc2c(F)cccc2C2=NCCN2)c2occc2c1. The molecule has 0 amide bonds. The van der Waals surface area contributed by atoms with Crippen LogP contribution in [0, 0.1) is 12.7 Å². The number of hydrogen-bond acceptors (Lipinski definition) is 3. The maximum Gasteiger partial charge on any atom is 0.137 e. The number of amidine groups is 1. The maximum absolute atomic E-state index is 14.4. The van der Waals surface area contributed by atoms with Gasteiger partial charge in [-0.1, -0.05) is 18.2 Å². The molecule has 2 aromatic carbocycles. The van der Waals surface area contributed by atoms with Crippen molar-refractivity contribution in [2.45, 2.75) is 19.8 Å². The largest absolute Gasteiger partial charge is 0.464 e. The summed E-state index contributed by atoms with van der Waals surface area (Å²) in [6, 6.07) is 11.4. The van der Waals surface area contributed by atoms with Crippen LogP contribution in [-0.2, 0) is 12.8 Å². The van der Waals surface area contributed by atoms with Gasteiger partial charge in [0.1, 0.15) is 17.2 Å². The fourth-order valence-corrected chi connectivity index (χ4v) is 3.38. The van der Waals surface area contributed by atoms with E-state index in [0.717, 1.165) is 47.4 Å². The number of halogens is 1. The van der Waals surface area contributed by atoms with Crippen LogP contribution in [0.2, 0.25) is 0 Å². The van der Waals surface area contributed by atoms with Crippen LogP contribution in [0.3, 0.4) is 0 Å². The molecule has 1 aliphatic rings. The van der Waals surface area contributed by atoms with E-state index in [1.54, 1.807) is 12.3 Å². The van der Waals surface area contributed by atoms with E-state index >= 15 is 0 Å². The third kappa shape index (κ3) is 2.68. The van der Waals surface area contributed by atoms with Crippen molar-refractivity contribution in [1.29, 1.82) is 0 Å². The Labute approximate surface area is 140 Å². The second-order valence-corrected chi connectivity index (χ2v) is 6.19. The highest BCUT2D eigenvalue weighted by molar-refractivity contribution is 6.01. The van der Waals surface area contributed by atoms with Crippen molar-refractivity contribution >= 4 is 16.8 Å². The molecule has 0 unspecified atom stereocenters. The lowest BCUT2D eigenvalue weighted by Crippen LogP contribution is -2.21. The molecule has 0 bridgehead atoms. The highest BCUT2D eigenvalue weighted by Crippen LogP contribution is 2.25. The minimum absolute atomic E-state index is 0.174. The first kappa shape index (κ1) is 14.9. The number of aryl methyl sites for hydroxylation is 2. The fourth-order valence-electron chi connectivity index (χ4n) is 3.38. The number of furan rings is 1. The van der Waals surface area contributed by atoms with Gasteiger partial charge in [0.25, 0.3) is 0 Å². The average molecular weight is 322 g/mol. The van der Waals surface area contributed by atoms with Crippen LogP contribution in [0.25, 0.3) is 11.0 Å². The zero-order valence-electron chi connectivity index (χ0n) is 13.6. The molecule has 0 atom stereocenters. The summed E-state index contributed by atoms with van der Waals surface area (Å²) in [7, 11) is 0. The Bertz CT molecular complexity index is 927. The first-order valence-corrected chi connectivity index (χ1v) is 8.25. The number of nitrogens with one attached hydrogen (secondary N) is 1. The molecule has 0 fully saturated rings. The van der Waals surface area contributed by atoms with Crippen LogP contribution in [0.1, 0.15) is 22.3 Å². The lowest BCUT2D eigenvalue weighted by Gasteiger charge is -2.12.